The zero-order valence-electron chi connectivity index (χ0n) is 8.14. The van der Waals surface area contributed by atoms with E-state index in [2.05, 4.69) is 4.98 Å². The standard InChI is InChI=1S/C11H10FNOS/c1-11(14,8-4-5-15-7-8)10-3-2-9(12)6-13-10/h2-7,14H,1H3. The molecule has 0 fully saturated rings. The molecule has 0 aliphatic heterocycles. The van der Waals surface area contributed by atoms with E-state index in [1.54, 1.807) is 6.92 Å². The second-order valence-electron chi connectivity index (χ2n) is 3.45. The fourth-order valence-corrected chi connectivity index (χ4v) is 2.11. The first-order valence-electron chi connectivity index (χ1n) is 4.48. The van der Waals surface area contributed by atoms with Crippen molar-refractivity contribution in [1.29, 1.82) is 0 Å². The predicted octanol–water partition coefficient (Wildman–Crippen LogP) is 2.54. The summed E-state index contributed by atoms with van der Waals surface area (Å²) in [7, 11) is 0. The molecule has 0 radical (unpaired) electrons. The minimum Gasteiger partial charge on any atom is -0.379 e. The third kappa shape index (κ3) is 1.91. The van der Waals surface area contributed by atoms with Crippen LogP contribution in [0.1, 0.15) is 18.2 Å². The minimum absolute atomic E-state index is 0.403. The molecule has 4 heteroatoms. The Bertz CT molecular complexity index is 436. The van der Waals surface area contributed by atoms with Gasteiger partial charge in [-0.3, -0.25) is 4.98 Å². The molecule has 2 heterocycles. The molecule has 78 valence electrons. The lowest BCUT2D eigenvalue weighted by Crippen LogP contribution is -2.23. The number of aliphatic hydroxyl groups is 1. The van der Waals surface area contributed by atoms with E-state index in [-0.39, 0.29) is 0 Å². The fourth-order valence-electron chi connectivity index (χ4n) is 1.35. The molecule has 0 aliphatic rings. The van der Waals surface area contributed by atoms with E-state index in [0.29, 0.717) is 5.69 Å². The van der Waals surface area contributed by atoms with E-state index >= 15 is 0 Å². The molecule has 1 unspecified atom stereocenters. The number of nitrogens with zero attached hydrogens (tertiary/aromatic N) is 1. The molecule has 2 aromatic heterocycles. The Morgan fingerprint density at radius 2 is 2.20 bits per heavy atom. The van der Waals surface area contributed by atoms with Crippen LogP contribution in [0.3, 0.4) is 0 Å². The molecular formula is C11H10FNOS. The number of halogens is 1. The number of hydrogen-bond acceptors (Lipinski definition) is 3. The maximum atomic E-state index is 12.7. The summed E-state index contributed by atoms with van der Waals surface area (Å²) in [5.41, 5.74) is 0.0576. The van der Waals surface area contributed by atoms with Crippen LogP contribution in [-0.2, 0) is 5.60 Å². The van der Waals surface area contributed by atoms with Gasteiger partial charge in [0.2, 0.25) is 0 Å². The molecule has 2 aromatic rings. The highest BCUT2D eigenvalue weighted by molar-refractivity contribution is 7.08. The normalized spacial score (nSPS) is 14.9. The second-order valence-corrected chi connectivity index (χ2v) is 4.23. The van der Waals surface area contributed by atoms with Gasteiger partial charge in [0.1, 0.15) is 11.4 Å². The number of thiophene rings is 1. The Balaban J connectivity index is 2.41. The molecule has 0 saturated heterocycles. The fraction of sp³-hybridized carbons (Fsp3) is 0.182. The number of rotatable bonds is 2. The maximum absolute atomic E-state index is 12.7. The molecule has 15 heavy (non-hydrogen) atoms. The lowest BCUT2D eigenvalue weighted by atomic mass is 9.95. The maximum Gasteiger partial charge on any atom is 0.141 e. The topological polar surface area (TPSA) is 33.1 Å². The van der Waals surface area contributed by atoms with Crippen LogP contribution in [0, 0.1) is 5.82 Å². The van der Waals surface area contributed by atoms with Crippen LogP contribution < -0.4 is 0 Å². The summed E-state index contributed by atoms with van der Waals surface area (Å²) in [4.78, 5) is 3.89. The van der Waals surface area contributed by atoms with Gasteiger partial charge in [-0.1, -0.05) is 0 Å². The van der Waals surface area contributed by atoms with Crippen LogP contribution in [0.4, 0.5) is 4.39 Å². The Hall–Kier alpha value is -1.26. The molecule has 2 rings (SSSR count). The first kappa shape index (κ1) is 10.3. The third-order valence-corrected chi connectivity index (χ3v) is 2.99. The Morgan fingerprint density at radius 3 is 2.73 bits per heavy atom. The van der Waals surface area contributed by atoms with Crippen LogP contribution in [0.25, 0.3) is 0 Å². The van der Waals surface area contributed by atoms with Crippen LogP contribution >= 0.6 is 11.3 Å². The molecule has 0 bridgehead atoms. The van der Waals surface area contributed by atoms with Crippen molar-refractivity contribution >= 4 is 11.3 Å². The highest BCUT2D eigenvalue weighted by Gasteiger charge is 2.27. The largest absolute Gasteiger partial charge is 0.379 e. The van der Waals surface area contributed by atoms with E-state index in [1.165, 1.54) is 23.5 Å². The van der Waals surface area contributed by atoms with Crippen molar-refractivity contribution in [3.63, 3.8) is 0 Å². The summed E-state index contributed by atoms with van der Waals surface area (Å²) in [6, 6.07) is 4.62. The second kappa shape index (κ2) is 3.72. The van der Waals surface area contributed by atoms with Gasteiger partial charge in [0.05, 0.1) is 11.9 Å². The van der Waals surface area contributed by atoms with Gasteiger partial charge in [-0.05, 0) is 41.4 Å². The van der Waals surface area contributed by atoms with Gasteiger partial charge in [0.15, 0.2) is 0 Å². The van der Waals surface area contributed by atoms with Crippen molar-refractivity contribution < 1.29 is 9.50 Å². The van der Waals surface area contributed by atoms with E-state index in [4.69, 9.17) is 0 Å². The molecule has 0 aliphatic carbocycles. The summed E-state index contributed by atoms with van der Waals surface area (Å²) in [5, 5.41) is 14.0. The van der Waals surface area contributed by atoms with Gasteiger partial charge >= 0.3 is 0 Å². The Labute approximate surface area is 91.0 Å². The van der Waals surface area contributed by atoms with Crippen LogP contribution in [-0.4, -0.2) is 10.1 Å². The predicted molar refractivity (Wildman–Crippen MR) is 57.2 cm³/mol. The van der Waals surface area contributed by atoms with E-state index in [9.17, 15) is 9.50 Å². The number of pyridine rings is 1. The van der Waals surface area contributed by atoms with Crippen molar-refractivity contribution in [3.05, 3.63) is 52.2 Å². The van der Waals surface area contributed by atoms with Crippen molar-refractivity contribution in [1.82, 2.24) is 4.98 Å². The number of hydrogen-bond donors (Lipinski definition) is 1. The quantitative estimate of drug-likeness (QED) is 0.848. The molecule has 0 amide bonds. The molecular weight excluding hydrogens is 213 g/mol. The monoisotopic (exact) mass is 223 g/mol. The summed E-state index contributed by atoms with van der Waals surface area (Å²) < 4.78 is 12.7. The smallest absolute Gasteiger partial charge is 0.141 e. The van der Waals surface area contributed by atoms with E-state index in [0.717, 1.165) is 11.8 Å². The summed E-state index contributed by atoms with van der Waals surface area (Å²) in [5.74, 6) is -0.403. The lowest BCUT2D eigenvalue weighted by molar-refractivity contribution is 0.0977. The first-order valence-corrected chi connectivity index (χ1v) is 5.42. The molecule has 2 nitrogen and oxygen atoms in total. The average molecular weight is 223 g/mol. The van der Waals surface area contributed by atoms with Crippen molar-refractivity contribution in [2.45, 2.75) is 12.5 Å². The molecule has 1 N–H and O–H groups in total. The molecule has 1 atom stereocenters. The van der Waals surface area contributed by atoms with E-state index < -0.39 is 11.4 Å². The van der Waals surface area contributed by atoms with Gasteiger partial charge < -0.3 is 5.11 Å². The minimum atomic E-state index is -1.16. The van der Waals surface area contributed by atoms with Crippen molar-refractivity contribution in [3.8, 4) is 0 Å². The van der Waals surface area contributed by atoms with Crippen LogP contribution in [0.15, 0.2) is 35.2 Å². The Kier molecular flexibility index (Phi) is 2.54. The summed E-state index contributed by atoms with van der Waals surface area (Å²) in [6.45, 7) is 1.65. The van der Waals surface area contributed by atoms with Crippen LogP contribution in [0.5, 0.6) is 0 Å². The lowest BCUT2D eigenvalue weighted by Gasteiger charge is -2.21. The highest BCUT2D eigenvalue weighted by Crippen LogP contribution is 2.28. The SMILES string of the molecule is CC(O)(c1ccsc1)c1ccc(F)cn1. The summed E-state index contributed by atoms with van der Waals surface area (Å²) >= 11 is 1.50. The molecule has 0 spiro atoms. The van der Waals surface area contributed by atoms with Gasteiger partial charge in [-0.2, -0.15) is 11.3 Å². The average Bonchev–Trinajstić information content (AvgIpc) is 2.71. The number of aromatic nitrogens is 1. The van der Waals surface area contributed by atoms with Crippen LogP contribution in [0.2, 0.25) is 0 Å². The van der Waals surface area contributed by atoms with Crippen molar-refractivity contribution in [2.75, 3.05) is 0 Å². The highest BCUT2D eigenvalue weighted by atomic mass is 32.1. The van der Waals surface area contributed by atoms with Gasteiger partial charge in [-0.25, -0.2) is 4.39 Å². The van der Waals surface area contributed by atoms with Gasteiger partial charge in [-0.15, -0.1) is 0 Å². The zero-order chi connectivity index (χ0) is 10.9. The summed E-state index contributed by atoms with van der Waals surface area (Å²) in [6.07, 6.45) is 1.11. The molecule has 0 aromatic carbocycles. The van der Waals surface area contributed by atoms with E-state index in [1.807, 2.05) is 16.8 Å². The Morgan fingerprint density at radius 1 is 1.40 bits per heavy atom. The molecule has 0 saturated carbocycles. The third-order valence-electron chi connectivity index (χ3n) is 2.31. The van der Waals surface area contributed by atoms with Gasteiger partial charge in [0.25, 0.3) is 0 Å². The van der Waals surface area contributed by atoms with Gasteiger partial charge in [0, 0.05) is 0 Å². The zero-order valence-corrected chi connectivity index (χ0v) is 8.96. The first-order chi connectivity index (χ1) is 7.10. The van der Waals surface area contributed by atoms with Crippen molar-refractivity contribution in [2.24, 2.45) is 0 Å².